The Labute approximate surface area is 187 Å². The molecule has 0 atom stereocenters. The van der Waals surface area contributed by atoms with E-state index in [0.717, 1.165) is 0 Å². The van der Waals surface area contributed by atoms with E-state index in [9.17, 15) is 0 Å². The van der Waals surface area contributed by atoms with E-state index in [1.165, 1.54) is 125 Å². The van der Waals surface area contributed by atoms with Crippen LogP contribution >= 0.6 is 0 Å². The lowest BCUT2D eigenvalue weighted by Crippen LogP contribution is -1.88. The molecule has 0 fully saturated rings. The first-order valence-electron chi connectivity index (χ1n) is 13.0. The van der Waals surface area contributed by atoms with Crippen LogP contribution in [0.2, 0.25) is 0 Å². The Bertz CT molecular complexity index is 676. The summed E-state index contributed by atoms with van der Waals surface area (Å²) in [5.74, 6) is 0. The molecule has 0 unspecified atom stereocenters. The summed E-state index contributed by atoms with van der Waals surface area (Å²) in [5.41, 5.74) is 1.52. The van der Waals surface area contributed by atoms with Gasteiger partial charge in [0, 0.05) is 0 Å². The minimum Gasteiger partial charge on any atom is -0.0885 e. The summed E-state index contributed by atoms with van der Waals surface area (Å²) in [7, 11) is 0. The SMILES string of the molecule is CCCCCCCCC/C=C/CCCCCCCCCc1cccc2ccccc12. The van der Waals surface area contributed by atoms with Crippen LogP contribution in [0.3, 0.4) is 0 Å². The molecule has 2 rings (SSSR count). The maximum atomic E-state index is 2.43. The first-order chi connectivity index (χ1) is 14.9. The average molecular weight is 407 g/mol. The van der Waals surface area contributed by atoms with Gasteiger partial charge in [-0.1, -0.05) is 132 Å². The number of hydrogen-bond acceptors (Lipinski definition) is 0. The van der Waals surface area contributed by atoms with E-state index in [4.69, 9.17) is 0 Å². The third-order valence-electron chi connectivity index (χ3n) is 6.34. The molecule has 0 bridgehead atoms. The Balaban J connectivity index is 1.37. The second kappa shape index (κ2) is 17.2. The molecule has 0 aliphatic carbocycles. The van der Waals surface area contributed by atoms with Crippen molar-refractivity contribution in [1.82, 2.24) is 0 Å². The van der Waals surface area contributed by atoms with E-state index in [0.29, 0.717) is 0 Å². The number of fused-ring (bicyclic) bond motifs is 1. The molecule has 0 radical (unpaired) electrons. The van der Waals surface area contributed by atoms with Crippen LogP contribution in [0, 0.1) is 0 Å². The molecular weight excluding hydrogens is 360 g/mol. The summed E-state index contributed by atoms with van der Waals surface area (Å²) in [6.45, 7) is 2.29. The molecule has 2 aromatic rings. The summed E-state index contributed by atoms with van der Waals surface area (Å²) in [5, 5.41) is 2.83. The topological polar surface area (TPSA) is 0 Å². The lowest BCUT2D eigenvalue weighted by Gasteiger charge is -2.06. The number of allylic oxidation sites excluding steroid dienone is 2. The van der Waals surface area contributed by atoms with Gasteiger partial charge in [-0.3, -0.25) is 0 Å². The lowest BCUT2D eigenvalue weighted by atomic mass is 9.99. The van der Waals surface area contributed by atoms with E-state index >= 15 is 0 Å². The van der Waals surface area contributed by atoms with Crippen LogP contribution in [-0.4, -0.2) is 0 Å². The smallest absolute Gasteiger partial charge is 0.0152 e. The van der Waals surface area contributed by atoms with E-state index in [1.54, 1.807) is 0 Å². The van der Waals surface area contributed by atoms with Gasteiger partial charge in [0.05, 0.1) is 0 Å². The third-order valence-corrected chi connectivity index (χ3v) is 6.34. The van der Waals surface area contributed by atoms with Gasteiger partial charge in [0.1, 0.15) is 0 Å². The Morgan fingerprint density at radius 1 is 0.533 bits per heavy atom. The van der Waals surface area contributed by atoms with Crippen molar-refractivity contribution in [2.24, 2.45) is 0 Å². The molecule has 0 spiro atoms. The van der Waals surface area contributed by atoms with Gasteiger partial charge in [-0.2, -0.15) is 0 Å². The van der Waals surface area contributed by atoms with Gasteiger partial charge < -0.3 is 0 Å². The van der Waals surface area contributed by atoms with E-state index in [2.05, 4.69) is 61.5 Å². The van der Waals surface area contributed by atoms with Crippen LogP contribution < -0.4 is 0 Å². The molecule has 0 amide bonds. The predicted octanol–water partition coefficient (Wildman–Crippen LogP) is 10.2. The van der Waals surface area contributed by atoms with Crippen molar-refractivity contribution < 1.29 is 0 Å². The molecule has 0 saturated carbocycles. The first-order valence-corrected chi connectivity index (χ1v) is 13.0. The highest BCUT2D eigenvalue weighted by Crippen LogP contribution is 2.21. The molecule has 0 aliphatic heterocycles. The number of benzene rings is 2. The highest BCUT2D eigenvalue weighted by Gasteiger charge is 2.00. The Kier molecular flexibility index (Phi) is 14.1. The molecule has 30 heavy (non-hydrogen) atoms. The van der Waals surface area contributed by atoms with Gasteiger partial charge in [0.2, 0.25) is 0 Å². The zero-order valence-electron chi connectivity index (χ0n) is 19.7. The molecular formula is C30H46. The minimum absolute atomic E-state index is 1.23. The second-order valence-corrected chi connectivity index (χ2v) is 9.03. The molecule has 2 aromatic carbocycles. The van der Waals surface area contributed by atoms with Crippen LogP contribution in [0.1, 0.15) is 115 Å². The fourth-order valence-corrected chi connectivity index (χ4v) is 4.43. The van der Waals surface area contributed by atoms with E-state index < -0.39 is 0 Å². The summed E-state index contributed by atoms with van der Waals surface area (Å²) < 4.78 is 0. The second-order valence-electron chi connectivity index (χ2n) is 9.03. The predicted molar refractivity (Wildman–Crippen MR) is 136 cm³/mol. The number of hydrogen-bond donors (Lipinski definition) is 0. The third kappa shape index (κ3) is 11.0. The monoisotopic (exact) mass is 406 g/mol. The summed E-state index contributed by atoms with van der Waals surface area (Å²) in [6, 6.07) is 15.5. The number of rotatable bonds is 18. The standard InChI is InChI=1S/C30H46/c1-2-3-4-5-6-7-8-9-10-11-12-13-14-15-16-17-18-19-23-28-25-22-26-29-24-20-21-27-30(28)29/h10-11,20-22,24-27H,2-9,12-19,23H2,1H3/b11-10+. The zero-order valence-corrected chi connectivity index (χ0v) is 19.7. The summed E-state index contributed by atoms with van der Waals surface area (Å²) >= 11 is 0. The maximum Gasteiger partial charge on any atom is -0.0152 e. The first kappa shape index (κ1) is 24.7. The Morgan fingerprint density at radius 2 is 1.07 bits per heavy atom. The van der Waals surface area contributed by atoms with Gasteiger partial charge in [0.25, 0.3) is 0 Å². The Hall–Kier alpha value is -1.56. The molecule has 0 nitrogen and oxygen atoms in total. The molecule has 0 heteroatoms. The van der Waals surface area contributed by atoms with Gasteiger partial charge in [-0.25, -0.2) is 0 Å². The van der Waals surface area contributed by atoms with Crippen LogP contribution in [-0.2, 0) is 6.42 Å². The van der Waals surface area contributed by atoms with Crippen molar-refractivity contribution in [1.29, 1.82) is 0 Å². The molecule has 0 heterocycles. The number of aryl methyl sites for hydroxylation is 1. The summed E-state index contributed by atoms with van der Waals surface area (Å²) in [4.78, 5) is 0. The van der Waals surface area contributed by atoms with Crippen molar-refractivity contribution in [3.63, 3.8) is 0 Å². The van der Waals surface area contributed by atoms with Crippen molar-refractivity contribution in [2.45, 2.75) is 116 Å². The molecule has 0 N–H and O–H groups in total. The van der Waals surface area contributed by atoms with Crippen molar-refractivity contribution >= 4 is 10.8 Å². The van der Waals surface area contributed by atoms with Crippen molar-refractivity contribution in [3.05, 3.63) is 60.2 Å². The maximum absolute atomic E-state index is 2.43. The van der Waals surface area contributed by atoms with Gasteiger partial charge in [0.15, 0.2) is 0 Å². The van der Waals surface area contributed by atoms with Crippen LogP contribution in [0.5, 0.6) is 0 Å². The van der Waals surface area contributed by atoms with Gasteiger partial charge >= 0.3 is 0 Å². The normalized spacial score (nSPS) is 11.6. The molecule has 0 aromatic heterocycles. The van der Waals surface area contributed by atoms with Crippen LogP contribution in [0.4, 0.5) is 0 Å². The quantitative estimate of drug-likeness (QED) is 0.170. The van der Waals surface area contributed by atoms with E-state index in [-0.39, 0.29) is 0 Å². The average Bonchev–Trinajstić information content (AvgIpc) is 2.78. The van der Waals surface area contributed by atoms with Crippen molar-refractivity contribution in [2.75, 3.05) is 0 Å². The summed E-state index contributed by atoms with van der Waals surface area (Å²) in [6.07, 6.45) is 28.3. The van der Waals surface area contributed by atoms with Gasteiger partial charge in [-0.15, -0.1) is 0 Å². The molecule has 0 aliphatic rings. The van der Waals surface area contributed by atoms with E-state index in [1.807, 2.05) is 0 Å². The van der Waals surface area contributed by atoms with Gasteiger partial charge in [-0.05, 0) is 54.9 Å². The molecule has 0 saturated heterocycles. The Morgan fingerprint density at radius 3 is 1.73 bits per heavy atom. The highest BCUT2D eigenvalue weighted by atomic mass is 14.1. The molecule has 166 valence electrons. The largest absolute Gasteiger partial charge is 0.0885 e. The lowest BCUT2D eigenvalue weighted by molar-refractivity contribution is 0.581. The highest BCUT2D eigenvalue weighted by molar-refractivity contribution is 5.85. The number of unbranched alkanes of at least 4 members (excludes halogenated alkanes) is 14. The van der Waals surface area contributed by atoms with Crippen LogP contribution in [0.25, 0.3) is 10.8 Å². The minimum atomic E-state index is 1.23. The van der Waals surface area contributed by atoms with Crippen LogP contribution in [0.15, 0.2) is 54.6 Å². The fourth-order valence-electron chi connectivity index (χ4n) is 4.43. The van der Waals surface area contributed by atoms with Crippen molar-refractivity contribution in [3.8, 4) is 0 Å². The fraction of sp³-hybridized carbons (Fsp3) is 0.600. The zero-order chi connectivity index (χ0) is 21.1.